The molecule has 0 heterocycles. The Morgan fingerprint density at radius 2 is 1.76 bits per heavy atom. The summed E-state index contributed by atoms with van der Waals surface area (Å²) in [6.45, 7) is 0. The quantitative estimate of drug-likeness (QED) is 0.893. The number of carboxylic acids is 1. The lowest BCUT2D eigenvalue weighted by molar-refractivity contribution is 0.0697. The van der Waals surface area contributed by atoms with E-state index >= 15 is 0 Å². The molecule has 1 aliphatic rings. The van der Waals surface area contributed by atoms with E-state index in [2.05, 4.69) is 0 Å². The van der Waals surface area contributed by atoms with E-state index in [9.17, 15) is 13.2 Å². The van der Waals surface area contributed by atoms with Crippen LogP contribution < -0.4 is 0 Å². The van der Waals surface area contributed by atoms with Gasteiger partial charge in [0.15, 0.2) is 9.84 Å². The maximum absolute atomic E-state index is 11.8. The molecule has 2 rings (SSSR count). The minimum atomic E-state index is -3.16. The maximum Gasteiger partial charge on any atom is 0.335 e. The van der Waals surface area contributed by atoms with Crippen LogP contribution in [0.4, 0.5) is 0 Å². The third-order valence-corrected chi connectivity index (χ3v) is 5.59. The first-order valence-electron chi connectivity index (χ1n) is 5.40. The van der Waals surface area contributed by atoms with Crippen LogP contribution in [-0.2, 0) is 14.6 Å². The molecule has 92 valence electrons. The van der Waals surface area contributed by atoms with Gasteiger partial charge in [-0.25, -0.2) is 13.2 Å². The van der Waals surface area contributed by atoms with Gasteiger partial charge >= 0.3 is 5.97 Å². The smallest absolute Gasteiger partial charge is 0.335 e. The van der Waals surface area contributed by atoms with Crippen molar-refractivity contribution < 1.29 is 18.3 Å². The molecule has 0 amide bonds. The molecule has 4 nitrogen and oxygen atoms in total. The van der Waals surface area contributed by atoms with Gasteiger partial charge < -0.3 is 5.11 Å². The lowest BCUT2D eigenvalue weighted by Gasteiger charge is -2.40. The molecular formula is C12H14O4S. The van der Waals surface area contributed by atoms with E-state index < -0.39 is 20.6 Å². The molecule has 0 aliphatic heterocycles. The number of hydrogen-bond acceptors (Lipinski definition) is 3. The fraction of sp³-hybridized carbons (Fsp3) is 0.417. The van der Waals surface area contributed by atoms with Crippen molar-refractivity contribution in [2.45, 2.75) is 24.0 Å². The van der Waals surface area contributed by atoms with E-state index in [-0.39, 0.29) is 5.56 Å². The van der Waals surface area contributed by atoms with E-state index in [1.165, 1.54) is 18.4 Å². The van der Waals surface area contributed by atoms with Gasteiger partial charge in [-0.1, -0.05) is 12.1 Å². The maximum atomic E-state index is 11.8. The number of hydrogen-bond donors (Lipinski definition) is 1. The zero-order chi connectivity index (χ0) is 12.7. The van der Waals surface area contributed by atoms with Gasteiger partial charge in [-0.3, -0.25) is 0 Å². The molecule has 5 heteroatoms. The van der Waals surface area contributed by atoms with Gasteiger partial charge in [0.05, 0.1) is 10.3 Å². The van der Waals surface area contributed by atoms with Crippen molar-refractivity contribution in [3.8, 4) is 0 Å². The Labute approximate surface area is 100 Å². The number of carboxylic acid groups (broad SMARTS) is 1. The molecule has 0 atom stereocenters. The summed E-state index contributed by atoms with van der Waals surface area (Å²) in [6.07, 6.45) is 3.39. The molecule has 0 unspecified atom stereocenters. The van der Waals surface area contributed by atoms with E-state index in [1.807, 2.05) is 0 Å². The van der Waals surface area contributed by atoms with Gasteiger partial charge in [-0.05, 0) is 37.0 Å². The van der Waals surface area contributed by atoms with Gasteiger partial charge in [-0.15, -0.1) is 0 Å². The van der Waals surface area contributed by atoms with E-state index in [1.54, 1.807) is 12.1 Å². The molecule has 1 saturated carbocycles. The third kappa shape index (κ3) is 1.84. The molecule has 0 saturated heterocycles. The Morgan fingerprint density at radius 3 is 2.06 bits per heavy atom. The van der Waals surface area contributed by atoms with Crippen molar-refractivity contribution in [2.24, 2.45) is 0 Å². The van der Waals surface area contributed by atoms with Crippen LogP contribution in [0, 0.1) is 0 Å². The molecule has 1 aromatic rings. The number of sulfone groups is 1. The van der Waals surface area contributed by atoms with E-state index in [4.69, 9.17) is 5.11 Å². The molecule has 1 aliphatic carbocycles. The molecule has 0 spiro atoms. The predicted octanol–water partition coefficient (Wildman–Crippen LogP) is 1.81. The first kappa shape index (κ1) is 12.1. The minimum absolute atomic E-state index is 0.178. The topological polar surface area (TPSA) is 71.4 Å². The Kier molecular flexibility index (Phi) is 2.73. The molecule has 1 fully saturated rings. The van der Waals surface area contributed by atoms with Crippen molar-refractivity contribution in [3.05, 3.63) is 35.4 Å². The standard InChI is InChI=1S/C12H14O4S/c1-17(15,16)12(7-2-8-12)10-5-3-9(4-6-10)11(13)14/h3-6H,2,7-8H2,1H3,(H,13,14). The molecular weight excluding hydrogens is 240 g/mol. The zero-order valence-corrected chi connectivity index (χ0v) is 10.3. The van der Waals surface area contributed by atoms with Gasteiger partial charge in [0.2, 0.25) is 0 Å². The van der Waals surface area contributed by atoms with Gasteiger partial charge in [-0.2, -0.15) is 0 Å². The SMILES string of the molecule is CS(=O)(=O)C1(c2ccc(C(=O)O)cc2)CCC1. The van der Waals surface area contributed by atoms with Crippen LogP contribution in [0.1, 0.15) is 35.2 Å². The molecule has 0 radical (unpaired) electrons. The predicted molar refractivity (Wildman–Crippen MR) is 63.8 cm³/mol. The van der Waals surface area contributed by atoms with Crippen molar-refractivity contribution >= 4 is 15.8 Å². The number of rotatable bonds is 3. The summed E-state index contributed by atoms with van der Waals surface area (Å²) >= 11 is 0. The third-order valence-electron chi connectivity index (χ3n) is 3.53. The van der Waals surface area contributed by atoms with Crippen molar-refractivity contribution in [3.63, 3.8) is 0 Å². The monoisotopic (exact) mass is 254 g/mol. The molecule has 0 aromatic heterocycles. The second-order valence-corrected chi connectivity index (χ2v) is 6.83. The van der Waals surface area contributed by atoms with Gasteiger partial charge in [0, 0.05) is 6.26 Å². The highest BCUT2D eigenvalue weighted by atomic mass is 32.2. The Morgan fingerprint density at radius 1 is 1.24 bits per heavy atom. The fourth-order valence-corrected chi connectivity index (χ4v) is 3.88. The largest absolute Gasteiger partial charge is 0.478 e. The highest BCUT2D eigenvalue weighted by molar-refractivity contribution is 7.91. The second-order valence-electron chi connectivity index (χ2n) is 4.50. The average molecular weight is 254 g/mol. The molecule has 1 aromatic carbocycles. The summed E-state index contributed by atoms with van der Waals surface area (Å²) in [7, 11) is -3.16. The number of carbonyl (C=O) groups is 1. The van der Waals surface area contributed by atoms with Crippen LogP contribution in [0.15, 0.2) is 24.3 Å². The Balaban J connectivity index is 2.43. The van der Waals surface area contributed by atoms with E-state index in [0.717, 1.165) is 6.42 Å². The van der Waals surface area contributed by atoms with Crippen molar-refractivity contribution in [1.29, 1.82) is 0 Å². The highest BCUT2D eigenvalue weighted by Gasteiger charge is 2.47. The highest BCUT2D eigenvalue weighted by Crippen LogP contribution is 2.47. The van der Waals surface area contributed by atoms with Crippen LogP contribution in [-0.4, -0.2) is 25.7 Å². The normalized spacial score (nSPS) is 18.4. The number of benzene rings is 1. The van der Waals surface area contributed by atoms with Crippen LogP contribution in [0.5, 0.6) is 0 Å². The molecule has 1 N–H and O–H groups in total. The zero-order valence-electron chi connectivity index (χ0n) is 9.51. The lowest BCUT2D eigenvalue weighted by atomic mass is 9.78. The van der Waals surface area contributed by atoms with Gasteiger partial charge in [0.25, 0.3) is 0 Å². The van der Waals surface area contributed by atoms with Gasteiger partial charge in [0.1, 0.15) is 0 Å². The summed E-state index contributed by atoms with van der Waals surface area (Å²) in [5, 5.41) is 8.79. The average Bonchev–Trinajstić information content (AvgIpc) is 2.14. The summed E-state index contributed by atoms with van der Waals surface area (Å²) in [5.74, 6) is -1.00. The Hall–Kier alpha value is -1.36. The van der Waals surface area contributed by atoms with E-state index in [0.29, 0.717) is 18.4 Å². The van der Waals surface area contributed by atoms with Crippen LogP contribution in [0.3, 0.4) is 0 Å². The van der Waals surface area contributed by atoms with Crippen LogP contribution >= 0.6 is 0 Å². The number of aromatic carboxylic acids is 1. The second kappa shape index (κ2) is 3.84. The van der Waals surface area contributed by atoms with Crippen LogP contribution in [0.25, 0.3) is 0 Å². The lowest BCUT2D eigenvalue weighted by Crippen LogP contribution is -2.41. The molecule has 17 heavy (non-hydrogen) atoms. The summed E-state index contributed by atoms with van der Waals surface area (Å²) in [5.41, 5.74) is 0.882. The summed E-state index contributed by atoms with van der Waals surface area (Å²) in [6, 6.07) is 6.15. The molecule has 0 bridgehead atoms. The first-order chi connectivity index (χ1) is 7.87. The Bertz CT molecular complexity index is 538. The minimum Gasteiger partial charge on any atom is -0.478 e. The van der Waals surface area contributed by atoms with Crippen LogP contribution in [0.2, 0.25) is 0 Å². The van der Waals surface area contributed by atoms with Crippen molar-refractivity contribution in [1.82, 2.24) is 0 Å². The fourth-order valence-electron chi connectivity index (χ4n) is 2.29. The summed E-state index contributed by atoms with van der Waals surface area (Å²) in [4.78, 5) is 10.7. The first-order valence-corrected chi connectivity index (χ1v) is 7.29. The van der Waals surface area contributed by atoms with Crippen molar-refractivity contribution in [2.75, 3.05) is 6.26 Å². The summed E-state index contributed by atoms with van der Waals surface area (Å²) < 4.78 is 22.9.